The van der Waals surface area contributed by atoms with Gasteiger partial charge in [-0.15, -0.1) is 0 Å². The third-order valence-corrected chi connectivity index (χ3v) is 5.50. The van der Waals surface area contributed by atoms with E-state index in [1.165, 1.54) is 0 Å². The van der Waals surface area contributed by atoms with Gasteiger partial charge in [-0.2, -0.15) is 0 Å². The average molecular weight is 405 g/mol. The molecule has 1 unspecified atom stereocenters. The van der Waals surface area contributed by atoms with Crippen LogP contribution in [0.25, 0.3) is 0 Å². The van der Waals surface area contributed by atoms with Crippen molar-refractivity contribution in [3.8, 4) is 5.75 Å². The minimum Gasteiger partial charge on any atom is -0.493 e. The van der Waals surface area contributed by atoms with Crippen LogP contribution in [-0.2, 0) is 11.2 Å². The fourth-order valence-corrected chi connectivity index (χ4v) is 3.96. The molecule has 2 aromatic carbocycles. The van der Waals surface area contributed by atoms with Gasteiger partial charge in [0.2, 0.25) is 5.91 Å². The Hall–Kier alpha value is -2.24. The zero-order valence-electron chi connectivity index (χ0n) is 14.5. The van der Waals surface area contributed by atoms with E-state index in [4.69, 9.17) is 27.9 Å². The van der Waals surface area contributed by atoms with Gasteiger partial charge in [0.15, 0.2) is 0 Å². The van der Waals surface area contributed by atoms with Crippen molar-refractivity contribution in [3.05, 3.63) is 57.6 Å². The van der Waals surface area contributed by atoms with Crippen LogP contribution in [0, 0.1) is 0 Å². The number of nitrogens with zero attached hydrogens (tertiary/aromatic N) is 1. The molecule has 4 rings (SSSR count). The molecule has 2 aliphatic heterocycles. The maximum Gasteiger partial charge on any atom is 0.256 e. The van der Waals surface area contributed by atoms with Gasteiger partial charge in [-0.25, -0.2) is 0 Å². The Morgan fingerprint density at radius 2 is 2.00 bits per heavy atom. The molecular weight excluding hydrogens is 387 g/mol. The van der Waals surface area contributed by atoms with Crippen LogP contribution in [-0.4, -0.2) is 35.9 Å². The van der Waals surface area contributed by atoms with Crippen molar-refractivity contribution in [1.29, 1.82) is 0 Å². The highest BCUT2D eigenvalue weighted by Crippen LogP contribution is 2.29. The molecule has 2 aliphatic rings. The van der Waals surface area contributed by atoms with Crippen LogP contribution in [0.1, 0.15) is 28.8 Å². The highest BCUT2D eigenvalue weighted by molar-refractivity contribution is 6.35. The van der Waals surface area contributed by atoms with E-state index < -0.39 is 6.04 Å². The lowest BCUT2D eigenvalue weighted by atomic mass is 10.1. The fourth-order valence-electron chi connectivity index (χ4n) is 3.59. The van der Waals surface area contributed by atoms with Crippen molar-refractivity contribution >= 4 is 40.7 Å². The van der Waals surface area contributed by atoms with Gasteiger partial charge in [-0.1, -0.05) is 23.2 Å². The molecule has 0 bridgehead atoms. The normalized spacial score (nSPS) is 18.1. The fraction of sp³-hybridized carbons (Fsp3) is 0.300. The van der Waals surface area contributed by atoms with Gasteiger partial charge < -0.3 is 15.0 Å². The molecular formula is C20H18Cl2N2O3. The number of amides is 2. The number of anilines is 1. The number of carbonyl (C=O) groups is 2. The minimum absolute atomic E-state index is 0.196. The summed E-state index contributed by atoms with van der Waals surface area (Å²) >= 11 is 12.2. The van der Waals surface area contributed by atoms with E-state index in [0.29, 0.717) is 40.9 Å². The van der Waals surface area contributed by atoms with Crippen molar-refractivity contribution in [3.63, 3.8) is 0 Å². The summed E-state index contributed by atoms with van der Waals surface area (Å²) in [6.07, 6.45) is 2.21. The maximum atomic E-state index is 12.9. The first-order valence-corrected chi connectivity index (χ1v) is 9.61. The van der Waals surface area contributed by atoms with E-state index in [-0.39, 0.29) is 11.8 Å². The van der Waals surface area contributed by atoms with Crippen molar-refractivity contribution in [2.75, 3.05) is 18.5 Å². The molecule has 1 fully saturated rings. The van der Waals surface area contributed by atoms with Gasteiger partial charge in [-0.3, -0.25) is 9.59 Å². The van der Waals surface area contributed by atoms with Crippen molar-refractivity contribution in [1.82, 2.24) is 4.90 Å². The number of ether oxygens (including phenoxy) is 1. The van der Waals surface area contributed by atoms with Crippen LogP contribution in [0.2, 0.25) is 10.0 Å². The lowest BCUT2D eigenvalue weighted by molar-refractivity contribution is -0.119. The molecule has 2 heterocycles. The molecule has 0 spiro atoms. The molecule has 27 heavy (non-hydrogen) atoms. The predicted molar refractivity (Wildman–Crippen MR) is 105 cm³/mol. The molecule has 1 N–H and O–H groups in total. The number of likely N-dealkylation sites (tertiary alicyclic amines) is 1. The third kappa shape index (κ3) is 3.62. The molecule has 0 aliphatic carbocycles. The highest BCUT2D eigenvalue weighted by Gasteiger charge is 2.35. The summed E-state index contributed by atoms with van der Waals surface area (Å²) in [5.74, 6) is 0.390. The van der Waals surface area contributed by atoms with Gasteiger partial charge in [0.1, 0.15) is 11.8 Å². The molecule has 1 atom stereocenters. The van der Waals surface area contributed by atoms with Gasteiger partial charge in [0, 0.05) is 23.7 Å². The van der Waals surface area contributed by atoms with Crippen molar-refractivity contribution in [2.24, 2.45) is 0 Å². The number of hydrogen-bond acceptors (Lipinski definition) is 3. The second kappa shape index (κ2) is 7.41. The zero-order chi connectivity index (χ0) is 19.0. The zero-order valence-corrected chi connectivity index (χ0v) is 16.0. The quantitative estimate of drug-likeness (QED) is 0.834. The predicted octanol–water partition coefficient (Wildman–Crippen LogP) is 4.17. The Morgan fingerprint density at radius 1 is 1.15 bits per heavy atom. The summed E-state index contributed by atoms with van der Waals surface area (Å²) in [6.45, 7) is 1.18. The standard InChI is InChI=1S/C20H18Cl2N2O3/c21-13-3-5-16(22)15(11-13)20(26)24-8-1-2-17(24)19(25)23-14-4-6-18-12(10-14)7-9-27-18/h3-6,10-11,17H,1-2,7-9H2,(H,23,25). The number of carbonyl (C=O) groups excluding carboxylic acids is 2. The summed E-state index contributed by atoms with van der Waals surface area (Å²) < 4.78 is 5.49. The van der Waals surface area contributed by atoms with Crippen LogP contribution < -0.4 is 10.1 Å². The molecule has 0 radical (unpaired) electrons. The third-order valence-electron chi connectivity index (χ3n) is 4.93. The number of fused-ring (bicyclic) bond motifs is 1. The first kappa shape index (κ1) is 18.1. The smallest absolute Gasteiger partial charge is 0.256 e. The average Bonchev–Trinajstić information content (AvgIpc) is 3.31. The topological polar surface area (TPSA) is 58.6 Å². The minimum atomic E-state index is -0.531. The first-order valence-electron chi connectivity index (χ1n) is 8.85. The largest absolute Gasteiger partial charge is 0.493 e. The van der Waals surface area contributed by atoms with E-state index in [9.17, 15) is 9.59 Å². The van der Waals surface area contributed by atoms with Gasteiger partial charge in [-0.05, 0) is 54.8 Å². The van der Waals surface area contributed by atoms with E-state index in [2.05, 4.69) is 5.32 Å². The van der Waals surface area contributed by atoms with Crippen LogP contribution >= 0.6 is 23.2 Å². The summed E-state index contributed by atoms with van der Waals surface area (Å²) in [5.41, 5.74) is 2.11. The number of rotatable bonds is 3. The van der Waals surface area contributed by atoms with Crippen LogP contribution in [0.5, 0.6) is 5.75 Å². The van der Waals surface area contributed by atoms with Crippen LogP contribution in [0.3, 0.4) is 0 Å². The second-order valence-corrected chi connectivity index (χ2v) is 7.53. The monoisotopic (exact) mass is 404 g/mol. The van der Waals surface area contributed by atoms with Gasteiger partial charge >= 0.3 is 0 Å². The first-order chi connectivity index (χ1) is 13.0. The van der Waals surface area contributed by atoms with E-state index in [1.807, 2.05) is 18.2 Å². The Balaban J connectivity index is 1.51. The maximum absolute atomic E-state index is 12.9. The number of halogens is 2. The molecule has 7 heteroatoms. The molecule has 5 nitrogen and oxygen atoms in total. The van der Waals surface area contributed by atoms with Crippen molar-refractivity contribution < 1.29 is 14.3 Å². The number of benzene rings is 2. The molecule has 140 valence electrons. The summed E-state index contributed by atoms with van der Waals surface area (Å²) in [7, 11) is 0. The number of hydrogen-bond donors (Lipinski definition) is 1. The molecule has 2 amide bonds. The van der Waals surface area contributed by atoms with Gasteiger partial charge in [0.05, 0.1) is 17.2 Å². The summed E-state index contributed by atoms with van der Waals surface area (Å²) in [5, 5.41) is 3.69. The Bertz CT molecular complexity index is 916. The molecule has 0 saturated carbocycles. The van der Waals surface area contributed by atoms with E-state index >= 15 is 0 Å². The lowest BCUT2D eigenvalue weighted by Gasteiger charge is -2.24. The van der Waals surface area contributed by atoms with Crippen LogP contribution in [0.4, 0.5) is 5.69 Å². The molecule has 2 aromatic rings. The Labute approximate surface area is 167 Å². The molecule has 0 aromatic heterocycles. The number of nitrogens with one attached hydrogen (secondary N) is 1. The van der Waals surface area contributed by atoms with Gasteiger partial charge in [0.25, 0.3) is 5.91 Å². The summed E-state index contributed by atoms with van der Waals surface area (Å²) in [4.78, 5) is 27.3. The lowest BCUT2D eigenvalue weighted by Crippen LogP contribution is -2.43. The van der Waals surface area contributed by atoms with E-state index in [1.54, 1.807) is 23.1 Å². The molecule has 1 saturated heterocycles. The Kier molecular flexibility index (Phi) is 4.98. The second-order valence-electron chi connectivity index (χ2n) is 6.69. The van der Waals surface area contributed by atoms with E-state index in [0.717, 1.165) is 24.2 Å². The Morgan fingerprint density at radius 3 is 2.85 bits per heavy atom. The van der Waals surface area contributed by atoms with Crippen LogP contribution in [0.15, 0.2) is 36.4 Å². The highest BCUT2D eigenvalue weighted by atomic mass is 35.5. The van der Waals surface area contributed by atoms with Crippen molar-refractivity contribution in [2.45, 2.75) is 25.3 Å². The SMILES string of the molecule is O=C(Nc1ccc2c(c1)CCO2)C1CCCN1C(=O)c1cc(Cl)ccc1Cl. The summed E-state index contributed by atoms with van der Waals surface area (Å²) in [6, 6.07) is 9.84.